The van der Waals surface area contributed by atoms with Crippen LogP contribution in [0.2, 0.25) is 0 Å². The van der Waals surface area contributed by atoms with E-state index in [4.69, 9.17) is 4.74 Å². The Bertz CT molecular complexity index is 823. The number of amides is 1. The van der Waals surface area contributed by atoms with E-state index >= 15 is 0 Å². The first-order valence-electron chi connectivity index (χ1n) is 8.44. The number of carbonyl (C=O) groups excluding carboxylic acids is 3. The first-order valence-corrected chi connectivity index (χ1v) is 8.44. The highest BCUT2D eigenvalue weighted by Gasteiger charge is 2.06. The van der Waals surface area contributed by atoms with E-state index in [0.29, 0.717) is 16.8 Å². The molecule has 0 saturated heterocycles. The van der Waals surface area contributed by atoms with Crippen molar-refractivity contribution >= 4 is 29.6 Å². The fourth-order valence-electron chi connectivity index (χ4n) is 2.22. The molecule has 1 N–H and O–H groups in total. The lowest BCUT2D eigenvalue weighted by Crippen LogP contribution is -2.20. The average molecular weight is 367 g/mol. The molecule has 0 unspecified atom stereocenters. The van der Waals surface area contributed by atoms with Crippen molar-refractivity contribution in [3.05, 3.63) is 71.3 Å². The second-order valence-corrected chi connectivity index (χ2v) is 5.65. The summed E-state index contributed by atoms with van der Waals surface area (Å²) in [4.78, 5) is 34.9. The molecule has 140 valence electrons. The van der Waals surface area contributed by atoms with Gasteiger partial charge in [-0.05, 0) is 47.9 Å². The highest BCUT2D eigenvalue weighted by atomic mass is 16.5. The molecule has 0 atom stereocenters. The van der Waals surface area contributed by atoms with E-state index in [1.54, 1.807) is 36.4 Å². The number of carbonyl (C=O) groups is 3. The van der Waals surface area contributed by atoms with Crippen LogP contribution in [-0.2, 0) is 25.5 Å². The van der Waals surface area contributed by atoms with E-state index in [1.807, 2.05) is 19.1 Å². The highest BCUT2D eigenvalue weighted by molar-refractivity contribution is 5.94. The summed E-state index contributed by atoms with van der Waals surface area (Å²) in [6.45, 7) is 1.67. The molecule has 2 aromatic rings. The van der Waals surface area contributed by atoms with Crippen LogP contribution >= 0.6 is 0 Å². The molecule has 6 nitrogen and oxygen atoms in total. The standard InChI is InChI=1S/C21H21NO5/c1-3-15-6-11-18(12-7-15)22-19(23)14-27-20(24)13-8-16-4-9-17(10-5-16)21(25)26-2/h4-13H,3,14H2,1-2H3,(H,22,23)/b13-8+. The molecule has 1 amide bonds. The van der Waals surface area contributed by atoms with Gasteiger partial charge in [0.15, 0.2) is 6.61 Å². The van der Waals surface area contributed by atoms with E-state index < -0.39 is 17.8 Å². The van der Waals surface area contributed by atoms with Crippen molar-refractivity contribution < 1.29 is 23.9 Å². The van der Waals surface area contributed by atoms with Gasteiger partial charge >= 0.3 is 11.9 Å². The second-order valence-electron chi connectivity index (χ2n) is 5.65. The fraction of sp³-hybridized carbons (Fsp3) is 0.190. The van der Waals surface area contributed by atoms with Gasteiger partial charge in [-0.2, -0.15) is 0 Å². The predicted molar refractivity (Wildman–Crippen MR) is 102 cm³/mol. The van der Waals surface area contributed by atoms with Crippen molar-refractivity contribution in [3.63, 3.8) is 0 Å². The summed E-state index contributed by atoms with van der Waals surface area (Å²) in [6.07, 6.45) is 3.67. The van der Waals surface area contributed by atoms with Gasteiger partial charge in [0.1, 0.15) is 0 Å². The molecular formula is C21H21NO5. The number of methoxy groups -OCH3 is 1. The fourth-order valence-corrected chi connectivity index (χ4v) is 2.22. The quantitative estimate of drug-likeness (QED) is 0.600. The summed E-state index contributed by atoms with van der Waals surface area (Å²) >= 11 is 0. The van der Waals surface area contributed by atoms with Crippen molar-refractivity contribution in [2.45, 2.75) is 13.3 Å². The lowest BCUT2D eigenvalue weighted by atomic mass is 10.1. The number of hydrogen-bond acceptors (Lipinski definition) is 5. The van der Waals surface area contributed by atoms with Crippen LogP contribution in [0.25, 0.3) is 6.08 Å². The summed E-state index contributed by atoms with van der Waals surface area (Å²) in [7, 11) is 1.31. The number of anilines is 1. The SMILES string of the molecule is CCc1ccc(NC(=O)COC(=O)/C=C/c2ccc(C(=O)OC)cc2)cc1. The van der Waals surface area contributed by atoms with Gasteiger partial charge in [-0.15, -0.1) is 0 Å². The molecular weight excluding hydrogens is 346 g/mol. The summed E-state index contributed by atoms with van der Waals surface area (Å²) in [5, 5.41) is 2.66. The van der Waals surface area contributed by atoms with Gasteiger partial charge in [-0.1, -0.05) is 31.2 Å². The van der Waals surface area contributed by atoms with E-state index in [0.717, 1.165) is 6.42 Å². The lowest BCUT2D eigenvalue weighted by molar-refractivity contribution is -0.142. The van der Waals surface area contributed by atoms with E-state index in [1.165, 1.54) is 24.8 Å². The zero-order valence-electron chi connectivity index (χ0n) is 15.2. The van der Waals surface area contributed by atoms with Crippen molar-refractivity contribution in [3.8, 4) is 0 Å². The lowest BCUT2D eigenvalue weighted by Gasteiger charge is -2.06. The van der Waals surface area contributed by atoms with Crippen molar-refractivity contribution in [2.24, 2.45) is 0 Å². The normalized spacial score (nSPS) is 10.4. The number of hydrogen-bond donors (Lipinski definition) is 1. The molecule has 0 spiro atoms. The van der Waals surface area contributed by atoms with Gasteiger partial charge in [0.05, 0.1) is 12.7 Å². The molecule has 0 aliphatic carbocycles. The van der Waals surface area contributed by atoms with Gasteiger partial charge in [0, 0.05) is 11.8 Å². The third-order valence-electron chi connectivity index (χ3n) is 3.74. The van der Waals surface area contributed by atoms with E-state index in [-0.39, 0.29) is 6.61 Å². The van der Waals surface area contributed by atoms with Crippen LogP contribution in [0.1, 0.15) is 28.4 Å². The van der Waals surface area contributed by atoms with Crippen LogP contribution in [0.3, 0.4) is 0 Å². The van der Waals surface area contributed by atoms with Crippen LogP contribution in [0.5, 0.6) is 0 Å². The van der Waals surface area contributed by atoms with Gasteiger partial charge in [0.25, 0.3) is 5.91 Å². The molecule has 0 aliphatic heterocycles. The van der Waals surface area contributed by atoms with Gasteiger partial charge in [-0.3, -0.25) is 4.79 Å². The van der Waals surface area contributed by atoms with Crippen LogP contribution < -0.4 is 5.32 Å². The molecule has 0 heterocycles. The average Bonchev–Trinajstić information content (AvgIpc) is 2.71. The molecule has 0 aliphatic rings. The monoisotopic (exact) mass is 367 g/mol. The number of ether oxygens (including phenoxy) is 2. The maximum Gasteiger partial charge on any atom is 0.337 e. The summed E-state index contributed by atoms with van der Waals surface area (Å²) < 4.78 is 9.52. The number of aryl methyl sites for hydroxylation is 1. The summed E-state index contributed by atoms with van der Waals surface area (Å²) in [6, 6.07) is 14.0. The van der Waals surface area contributed by atoms with Crippen LogP contribution in [0.4, 0.5) is 5.69 Å². The Morgan fingerprint density at radius 2 is 1.67 bits per heavy atom. The number of nitrogens with one attached hydrogen (secondary N) is 1. The van der Waals surface area contributed by atoms with Gasteiger partial charge in [-0.25, -0.2) is 9.59 Å². The zero-order valence-corrected chi connectivity index (χ0v) is 15.2. The Kier molecular flexibility index (Phi) is 7.31. The molecule has 0 aromatic heterocycles. The predicted octanol–water partition coefficient (Wildman–Crippen LogP) is 3.23. The summed E-state index contributed by atoms with van der Waals surface area (Å²) in [5.74, 6) is -1.48. The zero-order chi connectivity index (χ0) is 19.6. The van der Waals surface area contributed by atoms with Crippen molar-refractivity contribution in [1.29, 1.82) is 0 Å². The largest absolute Gasteiger partial charge is 0.465 e. The third-order valence-corrected chi connectivity index (χ3v) is 3.74. The van der Waals surface area contributed by atoms with E-state index in [2.05, 4.69) is 10.1 Å². The van der Waals surface area contributed by atoms with Crippen LogP contribution in [0.15, 0.2) is 54.6 Å². The maximum atomic E-state index is 11.8. The molecule has 0 fully saturated rings. The Balaban J connectivity index is 1.79. The minimum atomic E-state index is -0.636. The molecule has 0 radical (unpaired) electrons. The van der Waals surface area contributed by atoms with Gasteiger partial charge in [0.2, 0.25) is 0 Å². The smallest absolute Gasteiger partial charge is 0.337 e. The Morgan fingerprint density at radius 3 is 2.26 bits per heavy atom. The minimum Gasteiger partial charge on any atom is -0.465 e. The first kappa shape index (κ1) is 19.9. The van der Waals surface area contributed by atoms with E-state index in [9.17, 15) is 14.4 Å². The van der Waals surface area contributed by atoms with Crippen LogP contribution in [0, 0.1) is 0 Å². The molecule has 2 aromatic carbocycles. The number of esters is 2. The third kappa shape index (κ3) is 6.43. The second kappa shape index (κ2) is 9.91. The minimum absolute atomic E-state index is 0.375. The topological polar surface area (TPSA) is 81.7 Å². The molecule has 27 heavy (non-hydrogen) atoms. The number of benzene rings is 2. The van der Waals surface area contributed by atoms with Crippen molar-refractivity contribution in [2.75, 3.05) is 19.0 Å². The Labute approximate surface area is 157 Å². The number of rotatable bonds is 7. The van der Waals surface area contributed by atoms with Crippen LogP contribution in [-0.4, -0.2) is 31.6 Å². The highest BCUT2D eigenvalue weighted by Crippen LogP contribution is 2.10. The Hall–Kier alpha value is -3.41. The maximum absolute atomic E-state index is 11.8. The Morgan fingerprint density at radius 1 is 1.00 bits per heavy atom. The molecule has 0 bridgehead atoms. The van der Waals surface area contributed by atoms with Crippen molar-refractivity contribution in [1.82, 2.24) is 0 Å². The molecule has 0 saturated carbocycles. The molecule has 6 heteroatoms. The van der Waals surface area contributed by atoms with Gasteiger partial charge < -0.3 is 14.8 Å². The summed E-state index contributed by atoms with van der Waals surface area (Å²) in [5.41, 5.74) is 2.94. The first-order chi connectivity index (χ1) is 13.0. The molecule has 2 rings (SSSR count).